The van der Waals surface area contributed by atoms with Crippen LogP contribution in [-0.4, -0.2) is 36.3 Å². The van der Waals surface area contributed by atoms with E-state index >= 15 is 0 Å². The van der Waals surface area contributed by atoms with Crippen LogP contribution in [0.3, 0.4) is 0 Å². The van der Waals surface area contributed by atoms with Crippen molar-refractivity contribution in [2.45, 2.75) is 32.1 Å². The van der Waals surface area contributed by atoms with Gasteiger partial charge >= 0.3 is 0 Å². The minimum absolute atomic E-state index is 0.135. The minimum atomic E-state index is -1.13. The second-order valence-electron chi connectivity index (χ2n) is 5.43. The summed E-state index contributed by atoms with van der Waals surface area (Å²) in [6, 6.07) is 3.71. The van der Waals surface area contributed by atoms with Crippen LogP contribution in [0.25, 0.3) is 0 Å². The van der Waals surface area contributed by atoms with Crippen molar-refractivity contribution in [2.75, 3.05) is 23.4 Å². The number of carbonyl (C=O) groups is 1. The maximum atomic E-state index is 11.5. The summed E-state index contributed by atoms with van der Waals surface area (Å²) in [6.45, 7) is 5.48. The largest absolute Gasteiger partial charge is 0.378 e. The molecule has 0 aromatic heterocycles. The van der Waals surface area contributed by atoms with E-state index in [2.05, 4.69) is 17.1 Å². The van der Waals surface area contributed by atoms with Crippen LogP contribution in [-0.2, 0) is 9.53 Å². The first kappa shape index (κ1) is 13.7. The van der Waals surface area contributed by atoms with E-state index in [9.17, 15) is 9.90 Å². The fraction of sp³-hybridized carbons (Fsp3) is 0.500. The lowest BCUT2D eigenvalue weighted by molar-refractivity contribution is -0.123. The van der Waals surface area contributed by atoms with E-state index in [-0.39, 0.29) is 12.1 Å². The van der Waals surface area contributed by atoms with E-state index < -0.39 is 12.0 Å². The number of morpholine rings is 1. The molecule has 1 aromatic carbocycles. The maximum absolute atomic E-state index is 11.5. The zero-order chi connectivity index (χ0) is 14.4. The van der Waals surface area contributed by atoms with Gasteiger partial charge < -0.3 is 20.1 Å². The molecular formula is C14H17ClN2O3. The first-order valence-corrected chi connectivity index (χ1v) is 7.05. The van der Waals surface area contributed by atoms with E-state index in [1.54, 1.807) is 6.07 Å². The number of hydrogen-bond donors (Lipinski definition) is 2. The van der Waals surface area contributed by atoms with Crippen LogP contribution in [0.1, 0.15) is 25.5 Å². The van der Waals surface area contributed by atoms with Gasteiger partial charge in [0.25, 0.3) is 5.91 Å². The molecule has 0 radical (unpaired) electrons. The van der Waals surface area contributed by atoms with Gasteiger partial charge in [-0.15, -0.1) is 0 Å². The van der Waals surface area contributed by atoms with Crippen molar-refractivity contribution in [2.24, 2.45) is 0 Å². The molecule has 6 heteroatoms. The van der Waals surface area contributed by atoms with Crippen molar-refractivity contribution in [1.29, 1.82) is 0 Å². The molecule has 5 nitrogen and oxygen atoms in total. The third-order valence-corrected chi connectivity index (χ3v) is 4.14. The summed E-state index contributed by atoms with van der Waals surface area (Å²) in [4.78, 5) is 13.7. The number of fused-ring (bicyclic) bond motifs is 1. The average molecular weight is 297 g/mol. The number of nitrogens with zero attached hydrogens (tertiary/aromatic N) is 1. The fourth-order valence-electron chi connectivity index (χ4n) is 2.71. The molecule has 1 aromatic rings. The summed E-state index contributed by atoms with van der Waals surface area (Å²) in [5.41, 5.74) is 2.04. The second-order valence-corrected chi connectivity index (χ2v) is 5.84. The predicted molar refractivity (Wildman–Crippen MR) is 77.3 cm³/mol. The Kier molecular flexibility index (Phi) is 3.36. The molecule has 1 amide bonds. The van der Waals surface area contributed by atoms with Crippen LogP contribution < -0.4 is 10.2 Å². The number of hydrogen-bond acceptors (Lipinski definition) is 4. The van der Waals surface area contributed by atoms with Crippen molar-refractivity contribution in [3.8, 4) is 0 Å². The highest BCUT2D eigenvalue weighted by Gasteiger charge is 2.32. The number of aliphatic hydroxyl groups is 1. The van der Waals surface area contributed by atoms with Crippen molar-refractivity contribution >= 4 is 28.9 Å². The van der Waals surface area contributed by atoms with Gasteiger partial charge in [-0.25, -0.2) is 0 Å². The van der Waals surface area contributed by atoms with E-state index in [1.807, 2.05) is 13.0 Å². The fourth-order valence-corrected chi connectivity index (χ4v) is 2.99. The first-order valence-electron chi connectivity index (χ1n) is 6.68. The number of halogens is 1. The van der Waals surface area contributed by atoms with Crippen LogP contribution in [0.15, 0.2) is 12.1 Å². The highest BCUT2D eigenvalue weighted by molar-refractivity contribution is 6.33. The Morgan fingerprint density at radius 2 is 2.20 bits per heavy atom. The van der Waals surface area contributed by atoms with Crippen molar-refractivity contribution in [1.82, 2.24) is 0 Å². The van der Waals surface area contributed by atoms with Crippen LogP contribution in [0.5, 0.6) is 0 Å². The third kappa shape index (κ3) is 2.16. The molecule has 2 heterocycles. The normalized spacial score (nSPS) is 29.3. The molecule has 3 rings (SSSR count). The van der Waals surface area contributed by atoms with Gasteiger partial charge in [-0.3, -0.25) is 4.79 Å². The predicted octanol–water partition coefficient (Wildman–Crippen LogP) is 1.94. The van der Waals surface area contributed by atoms with E-state index in [1.165, 1.54) is 0 Å². The summed E-state index contributed by atoms with van der Waals surface area (Å²) in [5.74, 6) is -0.406. The van der Waals surface area contributed by atoms with Gasteiger partial charge in [-0.2, -0.15) is 0 Å². The van der Waals surface area contributed by atoms with Gasteiger partial charge in [0.1, 0.15) is 0 Å². The number of anilines is 2. The van der Waals surface area contributed by atoms with Gasteiger partial charge in [0.2, 0.25) is 0 Å². The van der Waals surface area contributed by atoms with E-state index in [0.29, 0.717) is 22.9 Å². The summed E-state index contributed by atoms with van der Waals surface area (Å²) < 4.78 is 5.61. The van der Waals surface area contributed by atoms with Gasteiger partial charge in [-0.05, 0) is 26.0 Å². The number of carbonyl (C=O) groups excluding carboxylic acids is 1. The molecule has 0 bridgehead atoms. The zero-order valence-electron chi connectivity index (χ0n) is 11.4. The molecule has 2 aliphatic rings. The lowest BCUT2D eigenvalue weighted by Crippen LogP contribution is -2.47. The Bertz CT molecular complexity index is 564. The third-order valence-electron chi connectivity index (χ3n) is 3.84. The smallest absolute Gasteiger partial charge is 0.257 e. The monoisotopic (exact) mass is 296 g/mol. The molecule has 1 fully saturated rings. The Balaban J connectivity index is 1.99. The Morgan fingerprint density at radius 1 is 1.45 bits per heavy atom. The Hall–Kier alpha value is -1.30. The van der Waals surface area contributed by atoms with Crippen LogP contribution in [0, 0.1) is 0 Å². The van der Waals surface area contributed by atoms with Gasteiger partial charge in [-0.1, -0.05) is 11.6 Å². The zero-order valence-corrected chi connectivity index (χ0v) is 12.1. The topological polar surface area (TPSA) is 61.8 Å². The quantitative estimate of drug-likeness (QED) is 0.831. The summed E-state index contributed by atoms with van der Waals surface area (Å²) in [7, 11) is 0. The molecule has 0 saturated carbocycles. The molecular weight excluding hydrogens is 280 g/mol. The Morgan fingerprint density at radius 3 is 2.95 bits per heavy atom. The summed E-state index contributed by atoms with van der Waals surface area (Å²) in [5, 5.41) is 13.0. The highest BCUT2D eigenvalue weighted by atomic mass is 35.5. The number of rotatable bonds is 1. The van der Waals surface area contributed by atoms with Gasteiger partial charge in [0.15, 0.2) is 6.10 Å². The average Bonchev–Trinajstić information content (AvgIpc) is 2.68. The lowest BCUT2D eigenvalue weighted by atomic mass is 10.1. The molecule has 3 atom stereocenters. The number of amides is 1. The van der Waals surface area contributed by atoms with Gasteiger partial charge in [0.05, 0.1) is 23.4 Å². The molecule has 1 saturated heterocycles. The number of aliphatic hydroxyl groups excluding tert-OH is 1. The molecule has 0 spiro atoms. The minimum Gasteiger partial charge on any atom is -0.378 e. The van der Waals surface area contributed by atoms with Crippen molar-refractivity contribution < 1.29 is 14.6 Å². The second kappa shape index (κ2) is 4.91. The van der Waals surface area contributed by atoms with E-state index in [4.69, 9.17) is 16.3 Å². The molecule has 2 aliphatic heterocycles. The van der Waals surface area contributed by atoms with Gasteiger partial charge in [0, 0.05) is 23.8 Å². The lowest BCUT2D eigenvalue weighted by Gasteiger charge is -2.39. The van der Waals surface area contributed by atoms with Crippen LogP contribution in [0.4, 0.5) is 11.4 Å². The number of benzene rings is 1. The first-order chi connectivity index (χ1) is 9.47. The van der Waals surface area contributed by atoms with E-state index in [0.717, 1.165) is 12.2 Å². The maximum Gasteiger partial charge on any atom is 0.257 e. The molecule has 2 N–H and O–H groups in total. The van der Waals surface area contributed by atoms with Crippen LogP contribution in [0.2, 0.25) is 5.02 Å². The highest BCUT2D eigenvalue weighted by Crippen LogP contribution is 2.40. The van der Waals surface area contributed by atoms with Crippen molar-refractivity contribution in [3.05, 3.63) is 22.7 Å². The summed E-state index contributed by atoms with van der Waals surface area (Å²) >= 11 is 6.33. The number of ether oxygens (including phenoxy) is 1. The van der Waals surface area contributed by atoms with Crippen LogP contribution >= 0.6 is 11.6 Å². The SMILES string of the molecule is CC1CN(c2cc3c(cc2Cl)C(O)C(=O)N3)C(C)CO1. The molecule has 20 heavy (non-hydrogen) atoms. The van der Waals surface area contributed by atoms with Crippen molar-refractivity contribution in [3.63, 3.8) is 0 Å². The molecule has 3 unspecified atom stereocenters. The standard InChI is InChI=1S/C14H17ClN2O3/c1-7-6-20-8(2)5-17(7)12-4-11-9(3-10(12)15)13(18)14(19)16-11/h3-4,7-8,13,18H,5-6H2,1-2H3,(H,16,19). The number of nitrogens with one attached hydrogen (secondary N) is 1. The molecule has 108 valence electrons. The molecule has 0 aliphatic carbocycles. The Labute approximate surface area is 122 Å². The summed E-state index contributed by atoms with van der Waals surface area (Å²) in [6.07, 6.45) is -0.992.